The zero-order chi connectivity index (χ0) is 10.8. The summed E-state index contributed by atoms with van der Waals surface area (Å²) in [5.74, 6) is -1.38. The van der Waals surface area contributed by atoms with Crippen molar-refractivity contribution < 1.29 is 8.78 Å². The van der Waals surface area contributed by atoms with Crippen molar-refractivity contribution >= 4 is 0 Å². The van der Waals surface area contributed by atoms with E-state index in [1.165, 1.54) is 12.3 Å². The zero-order valence-electron chi connectivity index (χ0n) is 7.61. The quantitative estimate of drug-likeness (QED) is 0.780. The van der Waals surface area contributed by atoms with E-state index in [2.05, 4.69) is 15.4 Å². The molecule has 1 aromatic heterocycles. The molecule has 0 bridgehead atoms. The van der Waals surface area contributed by atoms with Gasteiger partial charge in [-0.3, -0.25) is 0 Å². The Bertz CT molecular complexity index is 435. The number of nitrogens with one attached hydrogen (secondary N) is 1. The molecule has 3 N–H and O–H groups in total. The fraction of sp³-hybridized carbons (Fsp3) is 0.111. The van der Waals surface area contributed by atoms with Crippen LogP contribution in [0.1, 0.15) is 17.3 Å². The minimum absolute atomic E-state index is 0.202. The second-order valence-corrected chi connectivity index (χ2v) is 3.01. The van der Waals surface area contributed by atoms with Crippen LogP contribution in [0.4, 0.5) is 8.78 Å². The van der Waals surface area contributed by atoms with E-state index in [1.807, 2.05) is 0 Å². The highest BCUT2D eigenvalue weighted by molar-refractivity contribution is 5.28. The van der Waals surface area contributed by atoms with E-state index >= 15 is 0 Å². The average molecular weight is 210 g/mol. The van der Waals surface area contributed by atoms with Gasteiger partial charge in [-0.1, -0.05) is 6.07 Å². The number of aromatic nitrogens is 3. The van der Waals surface area contributed by atoms with Gasteiger partial charge in [-0.05, 0) is 12.1 Å². The van der Waals surface area contributed by atoms with Crippen LogP contribution in [0.2, 0.25) is 0 Å². The summed E-state index contributed by atoms with van der Waals surface area (Å²) in [6, 6.07) is 2.63. The van der Waals surface area contributed by atoms with Crippen molar-refractivity contribution in [2.45, 2.75) is 6.04 Å². The Kier molecular flexibility index (Phi) is 2.42. The van der Waals surface area contributed by atoms with Crippen LogP contribution in [0.5, 0.6) is 0 Å². The van der Waals surface area contributed by atoms with Gasteiger partial charge in [0.25, 0.3) is 0 Å². The average Bonchev–Trinajstić information content (AvgIpc) is 2.69. The first-order valence-electron chi connectivity index (χ1n) is 4.25. The Morgan fingerprint density at radius 3 is 2.47 bits per heavy atom. The first kappa shape index (κ1) is 9.72. The summed E-state index contributed by atoms with van der Waals surface area (Å²) in [5.41, 5.74) is 5.75. The van der Waals surface area contributed by atoms with Crippen LogP contribution in [0.25, 0.3) is 0 Å². The smallest absolute Gasteiger partial charge is 0.131 e. The predicted octanol–water partition coefficient (Wildman–Crippen LogP) is 1.13. The monoisotopic (exact) mass is 210 g/mol. The first-order chi connectivity index (χ1) is 7.20. The number of nitrogens with two attached hydrogens (primary N) is 1. The molecular weight excluding hydrogens is 202 g/mol. The Hall–Kier alpha value is -1.82. The molecule has 0 saturated carbocycles. The van der Waals surface area contributed by atoms with E-state index in [1.54, 1.807) is 0 Å². The fourth-order valence-corrected chi connectivity index (χ4v) is 1.32. The summed E-state index contributed by atoms with van der Waals surface area (Å²) in [6.45, 7) is 0. The molecule has 1 atom stereocenters. The van der Waals surface area contributed by atoms with Crippen molar-refractivity contribution in [3.63, 3.8) is 0 Å². The van der Waals surface area contributed by atoms with E-state index in [4.69, 9.17) is 5.73 Å². The molecule has 0 saturated heterocycles. The van der Waals surface area contributed by atoms with Crippen LogP contribution < -0.4 is 5.73 Å². The fourth-order valence-electron chi connectivity index (χ4n) is 1.32. The largest absolute Gasteiger partial charge is 0.319 e. The standard InChI is InChI=1S/C9H8F2N4/c10-5-2-1-3-6(11)8(5)9(12)7-4-13-15-14-7/h1-4,9H,12H2,(H,13,14,15). The molecule has 6 heteroatoms. The number of hydrogen-bond acceptors (Lipinski definition) is 3. The highest BCUT2D eigenvalue weighted by Gasteiger charge is 2.19. The summed E-state index contributed by atoms with van der Waals surface area (Å²) < 4.78 is 26.6. The number of benzene rings is 1. The summed E-state index contributed by atoms with van der Waals surface area (Å²) in [6.07, 6.45) is 1.33. The van der Waals surface area contributed by atoms with E-state index in [0.29, 0.717) is 5.69 Å². The third-order valence-electron chi connectivity index (χ3n) is 2.06. The second-order valence-electron chi connectivity index (χ2n) is 3.01. The SMILES string of the molecule is NC(c1cn[nH]n1)c1c(F)cccc1F. The van der Waals surface area contributed by atoms with Gasteiger partial charge in [0.15, 0.2) is 0 Å². The first-order valence-corrected chi connectivity index (χ1v) is 4.25. The number of aromatic amines is 1. The lowest BCUT2D eigenvalue weighted by Gasteiger charge is -2.10. The predicted molar refractivity (Wildman–Crippen MR) is 48.8 cm³/mol. The molecule has 0 aliphatic heterocycles. The molecular formula is C9H8F2N4. The van der Waals surface area contributed by atoms with E-state index in [9.17, 15) is 8.78 Å². The van der Waals surface area contributed by atoms with Gasteiger partial charge in [-0.2, -0.15) is 15.4 Å². The van der Waals surface area contributed by atoms with Crippen molar-refractivity contribution in [1.29, 1.82) is 0 Å². The topological polar surface area (TPSA) is 67.6 Å². The van der Waals surface area contributed by atoms with Crippen LogP contribution in [0.15, 0.2) is 24.4 Å². The van der Waals surface area contributed by atoms with Gasteiger partial charge in [-0.15, -0.1) is 0 Å². The van der Waals surface area contributed by atoms with E-state index in [0.717, 1.165) is 12.1 Å². The van der Waals surface area contributed by atoms with E-state index in [-0.39, 0.29) is 5.56 Å². The molecule has 15 heavy (non-hydrogen) atoms. The third-order valence-corrected chi connectivity index (χ3v) is 2.06. The molecule has 2 aromatic rings. The molecule has 4 nitrogen and oxygen atoms in total. The molecule has 0 aliphatic carbocycles. The van der Waals surface area contributed by atoms with Gasteiger partial charge >= 0.3 is 0 Å². The Morgan fingerprint density at radius 2 is 1.93 bits per heavy atom. The molecule has 78 valence electrons. The molecule has 1 aromatic carbocycles. The number of hydrogen-bond donors (Lipinski definition) is 2. The van der Waals surface area contributed by atoms with Gasteiger partial charge < -0.3 is 5.73 Å². The second kappa shape index (κ2) is 3.74. The number of nitrogens with zero attached hydrogens (tertiary/aromatic N) is 2. The minimum Gasteiger partial charge on any atom is -0.319 e. The summed E-state index contributed by atoms with van der Waals surface area (Å²) in [4.78, 5) is 0. The molecule has 1 heterocycles. The molecule has 0 aliphatic rings. The van der Waals surface area contributed by atoms with Crippen molar-refractivity contribution in [3.8, 4) is 0 Å². The maximum absolute atomic E-state index is 13.3. The molecule has 0 radical (unpaired) electrons. The lowest BCUT2D eigenvalue weighted by atomic mass is 10.0. The van der Waals surface area contributed by atoms with Gasteiger partial charge in [0, 0.05) is 5.56 Å². The van der Waals surface area contributed by atoms with Crippen molar-refractivity contribution in [3.05, 3.63) is 47.3 Å². The van der Waals surface area contributed by atoms with Crippen LogP contribution in [0.3, 0.4) is 0 Å². The van der Waals surface area contributed by atoms with Crippen LogP contribution in [0, 0.1) is 11.6 Å². The number of halogens is 2. The Morgan fingerprint density at radius 1 is 1.27 bits per heavy atom. The van der Waals surface area contributed by atoms with Gasteiger partial charge in [0.1, 0.15) is 17.3 Å². The molecule has 2 rings (SSSR count). The van der Waals surface area contributed by atoms with Gasteiger partial charge in [-0.25, -0.2) is 8.78 Å². The molecule has 1 unspecified atom stereocenters. The lowest BCUT2D eigenvalue weighted by Crippen LogP contribution is -2.16. The highest BCUT2D eigenvalue weighted by Crippen LogP contribution is 2.22. The third kappa shape index (κ3) is 1.71. The maximum atomic E-state index is 13.3. The van der Waals surface area contributed by atoms with Crippen molar-refractivity contribution in [2.75, 3.05) is 0 Å². The summed E-state index contributed by atoms with van der Waals surface area (Å²) >= 11 is 0. The van der Waals surface area contributed by atoms with Crippen LogP contribution in [-0.4, -0.2) is 15.4 Å². The minimum atomic E-state index is -0.954. The Labute approximate surface area is 84.1 Å². The number of rotatable bonds is 2. The summed E-state index contributed by atoms with van der Waals surface area (Å²) in [5, 5.41) is 9.54. The highest BCUT2D eigenvalue weighted by atomic mass is 19.1. The van der Waals surface area contributed by atoms with Gasteiger partial charge in [0.2, 0.25) is 0 Å². The van der Waals surface area contributed by atoms with Gasteiger partial charge in [0.05, 0.1) is 12.2 Å². The van der Waals surface area contributed by atoms with Crippen molar-refractivity contribution in [2.24, 2.45) is 5.73 Å². The maximum Gasteiger partial charge on any atom is 0.131 e. The number of H-pyrrole nitrogens is 1. The lowest BCUT2D eigenvalue weighted by molar-refractivity contribution is 0.540. The van der Waals surface area contributed by atoms with Crippen LogP contribution >= 0.6 is 0 Å². The van der Waals surface area contributed by atoms with Crippen molar-refractivity contribution in [1.82, 2.24) is 15.4 Å². The Balaban J connectivity index is 2.46. The summed E-state index contributed by atoms with van der Waals surface area (Å²) in [7, 11) is 0. The zero-order valence-corrected chi connectivity index (χ0v) is 7.61. The van der Waals surface area contributed by atoms with E-state index < -0.39 is 17.7 Å². The van der Waals surface area contributed by atoms with Crippen LogP contribution in [-0.2, 0) is 0 Å². The molecule has 0 fully saturated rings. The molecule has 0 spiro atoms. The normalized spacial score (nSPS) is 12.7. The molecule has 0 amide bonds.